The first kappa shape index (κ1) is 15.5. The van der Waals surface area contributed by atoms with Gasteiger partial charge in [0.25, 0.3) is 5.91 Å². The van der Waals surface area contributed by atoms with Gasteiger partial charge < -0.3 is 9.64 Å². The van der Waals surface area contributed by atoms with Gasteiger partial charge in [-0.05, 0) is 31.0 Å². The predicted octanol–water partition coefficient (Wildman–Crippen LogP) is 3.78. The molecular weight excluding hydrogens is 300 g/mol. The lowest BCUT2D eigenvalue weighted by molar-refractivity contribution is 0.0723. The van der Waals surface area contributed by atoms with Crippen molar-refractivity contribution < 1.29 is 18.3 Å². The molecule has 1 fully saturated rings. The van der Waals surface area contributed by atoms with E-state index in [2.05, 4.69) is 0 Å². The minimum absolute atomic E-state index is 0.0194. The molecule has 5 heteroatoms. The molecular formula is C18H17F2NO2. The summed E-state index contributed by atoms with van der Waals surface area (Å²) in [5, 5.41) is 0. The summed E-state index contributed by atoms with van der Waals surface area (Å²) in [5.41, 5.74) is 0.413. The van der Waals surface area contributed by atoms with Crippen LogP contribution in [0, 0.1) is 11.6 Å². The highest BCUT2D eigenvalue weighted by Gasteiger charge is 2.34. The number of hydrogen-bond donors (Lipinski definition) is 0. The molecule has 120 valence electrons. The predicted molar refractivity (Wildman–Crippen MR) is 82.2 cm³/mol. The Morgan fingerprint density at radius 2 is 1.91 bits per heavy atom. The van der Waals surface area contributed by atoms with Crippen molar-refractivity contribution in [2.75, 3.05) is 7.11 Å². The summed E-state index contributed by atoms with van der Waals surface area (Å²) in [6, 6.07) is 10.5. The van der Waals surface area contributed by atoms with Gasteiger partial charge in [-0.2, -0.15) is 0 Å². The number of benzene rings is 2. The first-order valence-electron chi connectivity index (χ1n) is 7.48. The van der Waals surface area contributed by atoms with Crippen LogP contribution in [-0.4, -0.2) is 24.0 Å². The third kappa shape index (κ3) is 3.33. The van der Waals surface area contributed by atoms with Crippen LogP contribution in [0.25, 0.3) is 0 Å². The van der Waals surface area contributed by atoms with E-state index in [0.29, 0.717) is 11.3 Å². The Morgan fingerprint density at radius 3 is 2.52 bits per heavy atom. The molecule has 0 aliphatic heterocycles. The highest BCUT2D eigenvalue weighted by atomic mass is 19.1. The molecule has 0 aromatic heterocycles. The van der Waals surface area contributed by atoms with Crippen molar-refractivity contribution in [2.45, 2.75) is 25.4 Å². The molecule has 1 aliphatic carbocycles. The van der Waals surface area contributed by atoms with E-state index in [9.17, 15) is 13.6 Å². The molecule has 23 heavy (non-hydrogen) atoms. The van der Waals surface area contributed by atoms with E-state index in [1.54, 1.807) is 29.2 Å². The van der Waals surface area contributed by atoms with Gasteiger partial charge in [-0.1, -0.05) is 18.2 Å². The van der Waals surface area contributed by atoms with E-state index in [4.69, 9.17) is 4.74 Å². The normalized spacial score (nSPS) is 13.7. The first-order chi connectivity index (χ1) is 11.1. The Kier molecular flexibility index (Phi) is 4.28. The van der Waals surface area contributed by atoms with Crippen molar-refractivity contribution >= 4 is 5.91 Å². The molecule has 1 saturated carbocycles. The maximum absolute atomic E-state index is 14.1. The molecule has 0 atom stereocenters. The summed E-state index contributed by atoms with van der Waals surface area (Å²) in [7, 11) is 1.44. The third-order valence-corrected chi connectivity index (χ3v) is 3.95. The number of carbonyl (C=O) groups is 1. The zero-order valence-electron chi connectivity index (χ0n) is 12.8. The van der Waals surface area contributed by atoms with E-state index in [1.165, 1.54) is 25.3 Å². The molecule has 0 spiro atoms. The van der Waals surface area contributed by atoms with Crippen molar-refractivity contribution in [3.8, 4) is 5.75 Å². The fraction of sp³-hybridized carbons (Fsp3) is 0.278. The van der Waals surface area contributed by atoms with E-state index in [-0.39, 0.29) is 24.0 Å². The maximum Gasteiger partial charge on any atom is 0.257 e. The molecule has 3 nitrogen and oxygen atoms in total. The van der Waals surface area contributed by atoms with Crippen LogP contribution in [0.5, 0.6) is 5.75 Å². The molecule has 0 unspecified atom stereocenters. The fourth-order valence-corrected chi connectivity index (χ4v) is 2.51. The number of methoxy groups -OCH3 is 1. The van der Waals surface area contributed by atoms with Crippen LogP contribution in [0.4, 0.5) is 8.78 Å². The Balaban J connectivity index is 1.87. The minimum atomic E-state index is -0.631. The van der Waals surface area contributed by atoms with Crippen LogP contribution in [0.3, 0.4) is 0 Å². The van der Waals surface area contributed by atoms with Crippen LogP contribution in [0.1, 0.15) is 28.8 Å². The lowest BCUT2D eigenvalue weighted by Gasteiger charge is -2.23. The molecule has 2 aromatic rings. The number of hydrogen-bond acceptors (Lipinski definition) is 2. The van der Waals surface area contributed by atoms with E-state index in [1.807, 2.05) is 0 Å². The van der Waals surface area contributed by atoms with Crippen LogP contribution < -0.4 is 4.74 Å². The lowest BCUT2D eigenvalue weighted by atomic mass is 10.1. The summed E-state index contributed by atoms with van der Waals surface area (Å²) >= 11 is 0. The van der Waals surface area contributed by atoms with Gasteiger partial charge in [-0.15, -0.1) is 0 Å². The standard InChI is InChI=1S/C18H17F2NO2/c1-23-14-8-9-15(17(20)10-14)18(22)21(13-6-7-13)11-12-4-2-3-5-16(12)19/h2-5,8-10,13H,6-7,11H2,1H3. The van der Waals surface area contributed by atoms with Crippen LogP contribution >= 0.6 is 0 Å². The molecule has 2 aromatic carbocycles. The minimum Gasteiger partial charge on any atom is -0.497 e. The number of amides is 1. The molecule has 0 heterocycles. The van der Waals surface area contributed by atoms with Gasteiger partial charge in [0.2, 0.25) is 0 Å². The maximum atomic E-state index is 14.1. The van der Waals surface area contributed by atoms with Crippen molar-refractivity contribution in [1.82, 2.24) is 4.90 Å². The third-order valence-electron chi connectivity index (χ3n) is 3.95. The summed E-state index contributed by atoms with van der Waals surface area (Å²) < 4.78 is 32.9. The zero-order chi connectivity index (χ0) is 16.4. The summed E-state index contributed by atoms with van der Waals surface area (Å²) in [6.07, 6.45) is 1.72. The van der Waals surface area contributed by atoms with E-state index < -0.39 is 11.7 Å². The van der Waals surface area contributed by atoms with Crippen LogP contribution in [0.15, 0.2) is 42.5 Å². The summed E-state index contributed by atoms with van der Waals surface area (Å²) in [4.78, 5) is 14.2. The molecule has 1 aliphatic rings. The zero-order valence-corrected chi connectivity index (χ0v) is 12.8. The highest BCUT2D eigenvalue weighted by Crippen LogP contribution is 2.31. The van der Waals surface area contributed by atoms with Gasteiger partial charge in [0.1, 0.15) is 17.4 Å². The topological polar surface area (TPSA) is 29.5 Å². The van der Waals surface area contributed by atoms with Crippen LogP contribution in [0.2, 0.25) is 0 Å². The van der Waals surface area contributed by atoms with Crippen molar-refractivity contribution in [3.05, 3.63) is 65.2 Å². The second-order valence-electron chi connectivity index (χ2n) is 5.60. The molecule has 3 rings (SSSR count). The van der Waals surface area contributed by atoms with Gasteiger partial charge in [0, 0.05) is 24.2 Å². The van der Waals surface area contributed by atoms with Crippen molar-refractivity contribution in [1.29, 1.82) is 0 Å². The second-order valence-corrected chi connectivity index (χ2v) is 5.60. The summed E-state index contributed by atoms with van der Waals surface area (Å²) in [6.45, 7) is 0.141. The van der Waals surface area contributed by atoms with Crippen molar-refractivity contribution in [2.24, 2.45) is 0 Å². The van der Waals surface area contributed by atoms with E-state index in [0.717, 1.165) is 12.8 Å². The molecule has 0 saturated heterocycles. The van der Waals surface area contributed by atoms with Crippen molar-refractivity contribution in [3.63, 3.8) is 0 Å². The van der Waals surface area contributed by atoms with Gasteiger partial charge in [0.15, 0.2) is 0 Å². The smallest absolute Gasteiger partial charge is 0.257 e. The highest BCUT2D eigenvalue weighted by molar-refractivity contribution is 5.95. The Bertz CT molecular complexity index is 729. The lowest BCUT2D eigenvalue weighted by Crippen LogP contribution is -2.33. The first-order valence-corrected chi connectivity index (χ1v) is 7.48. The van der Waals surface area contributed by atoms with Gasteiger partial charge in [-0.25, -0.2) is 8.78 Å². The monoisotopic (exact) mass is 317 g/mol. The average molecular weight is 317 g/mol. The molecule has 1 amide bonds. The quantitative estimate of drug-likeness (QED) is 0.840. The Hall–Kier alpha value is -2.43. The molecule has 0 radical (unpaired) electrons. The number of ether oxygens (including phenoxy) is 1. The van der Waals surface area contributed by atoms with Gasteiger partial charge in [-0.3, -0.25) is 4.79 Å². The second kappa shape index (κ2) is 6.36. The number of nitrogens with zero attached hydrogens (tertiary/aromatic N) is 1. The number of halogens is 2. The molecule has 0 N–H and O–H groups in total. The molecule has 0 bridgehead atoms. The number of carbonyl (C=O) groups excluding carboxylic acids is 1. The van der Waals surface area contributed by atoms with E-state index >= 15 is 0 Å². The number of rotatable bonds is 5. The average Bonchev–Trinajstić information content (AvgIpc) is 3.38. The van der Waals surface area contributed by atoms with Gasteiger partial charge >= 0.3 is 0 Å². The Morgan fingerprint density at radius 1 is 1.17 bits per heavy atom. The van der Waals surface area contributed by atoms with Crippen LogP contribution in [-0.2, 0) is 6.54 Å². The fourth-order valence-electron chi connectivity index (χ4n) is 2.51. The summed E-state index contributed by atoms with van der Waals surface area (Å²) in [5.74, 6) is -1.06. The largest absolute Gasteiger partial charge is 0.497 e. The van der Waals surface area contributed by atoms with Gasteiger partial charge in [0.05, 0.1) is 12.7 Å². The Labute approximate surface area is 133 Å². The SMILES string of the molecule is COc1ccc(C(=O)N(Cc2ccccc2F)C2CC2)c(F)c1.